The predicted octanol–water partition coefficient (Wildman–Crippen LogP) is 1.90. The van der Waals surface area contributed by atoms with Crippen LogP contribution >= 0.6 is 0 Å². The molecule has 0 aromatic rings. The average molecular weight is 171 g/mol. The Hall–Kier alpha value is -0.0800. The first-order chi connectivity index (χ1) is 5.84. The van der Waals surface area contributed by atoms with E-state index in [1.165, 1.54) is 32.4 Å². The molecule has 0 spiro atoms. The maximum Gasteiger partial charge on any atom is 0.0618 e. The second-order valence-electron chi connectivity index (χ2n) is 3.61. The Morgan fingerprint density at radius 3 is 2.50 bits per heavy atom. The predicted molar refractivity (Wildman–Crippen MR) is 51.4 cm³/mol. The van der Waals surface area contributed by atoms with Crippen molar-refractivity contribution >= 4 is 0 Å². The molecule has 0 aliphatic carbocycles. The fraction of sp³-hybridized carbons (Fsp3) is 1.00. The van der Waals surface area contributed by atoms with Crippen molar-refractivity contribution in [3.8, 4) is 0 Å². The van der Waals surface area contributed by atoms with Gasteiger partial charge in [-0.25, -0.2) is 0 Å². The van der Waals surface area contributed by atoms with Crippen LogP contribution in [-0.4, -0.2) is 37.2 Å². The SMILES string of the molecule is CCOCC(C)N1CCCCC1. The van der Waals surface area contributed by atoms with Crippen molar-refractivity contribution < 1.29 is 4.74 Å². The third-order valence-corrected chi connectivity index (χ3v) is 2.58. The van der Waals surface area contributed by atoms with Crippen LogP contribution in [0.4, 0.5) is 0 Å². The van der Waals surface area contributed by atoms with E-state index in [0.717, 1.165) is 13.2 Å². The summed E-state index contributed by atoms with van der Waals surface area (Å²) in [6.07, 6.45) is 4.16. The van der Waals surface area contributed by atoms with Gasteiger partial charge in [0.1, 0.15) is 0 Å². The van der Waals surface area contributed by atoms with Gasteiger partial charge in [0.25, 0.3) is 0 Å². The molecule has 0 radical (unpaired) electrons. The number of rotatable bonds is 4. The first-order valence-corrected chi connectivity index (χ1v) is 5.16. The Morgan fingerprint density at radius 1 is 1.25 bits per heavy atom. The Balaban J connectivity index is 2.15. The molecule has 0 aromatic heterocycles. The molecule has 1 saturated heterocycles. The Labute approximate surface area is 75.9 Å². The first kappa shape index (κ1) is 10.0. The van der Waals surface area contributed by atoms with Crippen LogP contribution in [-0.2, 0) is 4.74 Å². The molecule has 1 atom stereocenters. The molecule has 1 aliphatic rings. The number of ether oxygens (including phenoxy) is 1. The monoisotopic (exact) mass is 171 g/mol. The van der Waals surface area contributed by atoms with Crippen LogP contribution in [0.1, 0.15) is 33.1 Å². The van der Waals surface area contributed by atoms with Gasteiger partial charge in [-0.05, 0) is 39.8 Å². The number of nitrogens with zero attached hydrogens (tertiary/aromatic N) is 1. The number of hydrogen-bond acceptors (Lipinski definition) is 2. The Kier molecular flexibility index (Phi) is 4.62. The maximum atomic E-state index is 5.41. The summed E-state index contributed by atoms with van der Waals surface area (Å²) in [6, 6.07) is 0.616. The van der Waals surface area contributed by atoms with Gasteiger partial charge in [0.15, 0.2) is 0 Å². The van der Waals surface area contributed by atoms with Gasteiger partial charge in [0.2, 0.25) is 0 Å². The lowest BCUT2D eigenvalue weighted by atomic mass is 10.1. The Morgan fingerprint density at radius 2 is 1.92 bits per heavy atom. The van der Waals surface area contributed by atoms with E-state index in [9.17, 15) is 0 Å². The molecule has 0 bridgehead atoms. The van der Waals surface area contributed by atoms with Crippen molar-refractivity contribution in [2.45, 2.75) is 39.2 Å². The minimum absolute atomic E-state index is 0.616. The molecule has 12 heavy (non-hydrogen) atoms. The van der Waals surface area contributed by atoms with Crippen molar-refractivity contribution in [3.05, 3.63) is 0 Å². The summed E-state index contributed by atoms with van der Waals surface area (Å²) < 4.78 is 5.41. The molecule has 2 heteroatoms. The summed E-state index contributed by atoms with van der Waals surface area (Å²) in [5, 5.41) is 0. The van der Waals surface area contributed by atoms with E-state index in [2.05, 4.69) is 18.7 Å². The molecule has 0 aromatic carbocycles. The van der Waals surface area contributed by atoms with Crippen molar-refractivity contribution in [2.24, 2.45) is 0 Å². The van der Waals surface area contributed by atoms with Crippen LogP contribution in [0.5, 0.6) is 0 Å². The summed E-state index contributed by atoms with van der Waals surface area (Å²) in [5.41, 5.74) is 0. The molecule has 1 heterocycles. The van der Waals surface area contributed by atoms with E-state index in [1.807, 2.05) is 0 Å². The van der Waals surface area contributed by atoms with Crippen molar-refractivity contribution in [1.29, 1.82) is 0 Å². The number of hydrogen-bond donors (Lipinski definition) is 0. The first-order valence-electron chi connectivity index (χ1n) is 5.16. The van der Waals surface area contributed by atoms with Gasteiger partial charge in [-0.1, -0.05) is 6.42 Å². The topological polar surface area (TPSA) is 12.5 Å². The zero-order valence-corrected chi connectivity index (χ0v) is 8.38. The molecule has 0 amide bonds. The van der Waals surface area contributed by atoms with Crippen LogP contribution in [0.2, 0.25) is 0 Å². The fourth-order valence-corrected chi connectivity index (χ4v) is 1.75. The van der Waals surface area contributed by atoms with Crippen LogP contribution in [0.3, 0.4) is 0 Å². The summed E-state index contributed by atoms with van der Waals surface area (Å²) >= 11 is 0. The van der Waals surface area contributed by atoms with E-state index in [1.54, 1.807) is 0 Å². The van der Waals surface area contributed by atoms with Crippen molar-refractivity contribution in [2.75, 3.05) is 26.3 Å². The van der Waals surface area contributed by atoms with Gasteiger partial charge < -0.3 is 4.74 Å². The minimum Gasteiger partial charge on any atom is -0.380 e. The van der Waals surface area contributed by atoms with Gasteiger partial charge in [-0.2, -0.15) is 0 Å². The highest BCUT2D eigenvalue weighted by Gasteiger charge is 2.15. The quantitative estimate of drug-likeness (QED) is 0.640. The van der Waals surface area contributed by atoms with Gasteiger partial charge in [0, 0.05) is 12.6 Å². The standard InChI is InChI=1S/C10H21NO/c1-3-12-9-10(2)11-7-5-4-6-8-11/h10H,3-9H2,1-2H3. The lowest BCUT2D eigenvalue weighted by Crippen LogP contribution is -2.40. The van der Waals surface area contributed by atoms with E-state index < -0.39 is 0 Å². The largest absolute Gasteiger partial charge is 0.380 e. The normalized spacial score (nSPS) is 22.5. The van der Waals surface area contributed by atoms with Crippen LogP contribution < -0.4 is 0 Å². The molecule has 2 nitrogen and oxygen atoms in total. The minimum atomic E-state index is 0.616. The van der Waals surface area contributed by atoms with Crippen LogP contribution in [0, 0.1) is 0 Å². The zero-order valence-electron chi connectivity index (χ0n) is 8.38. The van der Waals surface area contributed by atoms with Gasteiger partial charge in [-0.3, -0.25) is 4.90 Å². The van der Waals surface area contributed by atoms with Gasteiger partial charge in [0.05, 0.1) is 6.61 Å². The van der Waals surface area contributed by atoms with Crippen molar-refractivity contribution in [3.63, 3.8) is 0 Å². The molecular weight excluding hydrogens is 150 g/mol. The summed E-state index contributed by atoms with van der Waals surface area (Å²) in [5.74, 6) is 0. The number of piperidine rings is 1. The molecule has 1 unspecified atom stereocenters. The molecule has 1 fully saturated rings. The highest BCUT2D eigenvalue weighted by molar-refractivity contribution is 4.70. The lowest BCUT2D eigenvalue weighted by Gasteiger charge is -2.31. The average Bonchev–Trinajstić information content (AvgIpc) is 2.15. The summed E-state index contributed by atoms with van der Waals surface area (Å²) in [6.45, 7) is 8.61. The Bertz CT molecular complexity index is 110. The highest BCUT2D eigenvalue weighted by Crippen LogP contribution is 2.11. The summed E-state index contributed by atoms with van der Waals surface area (Å²) in [7, 11) is 0. The van der Waals surface area contributed by atoms with Gasteiger partial charge in [-0.15, -0.1) is 0 Å². The maximum absolute atomic E-state index is 5.41. The third-order valence-electron chi connectivity index (χ3n) is 2.58. The second-order valence-corrected chi connectivity index (χ2v) is 3.61. The molecular formula is C10H21NO. The fourth-order valence-electron chi connectivity index (χ4n) is 1.75. The van der Waals surface area contributed by atoms with Crippen LogP contribution in [0.25, 0.3) is 0 Å². The van der Waals surface area contributed by atoms with E-state index in [-0.39, 0.29) is 0 Å². The lowest BCUT2D eigenvalue weighted by molar-refractivity contribution is 0.0640. The molecule has 0 N–H and O–H groups in total. The molecule has 1 rings (SSSR count). The third kappa shape index (κ3) is 3.11. The van der Waals surface area contributed by atoms with Crippen LogP contribution in [0.15, 0.2) is 0 Å². The van der Waals surface area contributed by atoms with E-state index >= 15 is 0 Å². The molecule has 0 saturated carbocycles. The van der Waals surface area contributed by atoms with E-state index in [4.69, 9.17) is 4.74 Å². The highest BCUT2D eigenvalue weighted by atomic mass is 16.5. The van der Waals surface area contributed by atoms with E-state index in [0.29, 0.717) is 6.04 Å². The van der Waals surface area contributed by atoms with Crippen molar-refractivity contribution in [1.82, 2.24) is 4.90 Å². The molecule has 72 valence electrons. The van der Waals surface area contributed by atoms with Gasteiger partial charge >= 0.3 is 0 Å². The zero-order chi connectivity index (χ0) is 8.81. The smallest absolute Gasteiger partial charge is 0.0618 e. The molecule has 1 aliphatic heterocycles. The second kappa shape index (κ2) is 5.55. The summed E-state index contributed by atoms with van der Waals surface area (Å²) in [4.78, 5) is 2.54. The number of likely N-dealkylation sites (tertiary alicyclic amines) is 1.